The van der Waals surface area contributed by atoms with Crippen LogP contribution in [-0.2, 0) is 6.42 Å². The maximum Gasteiger partial charge on any atom is 0.262 e. The number of anilines is 1. The summed E-state index contributed by atoms with van der Waals surface area (Å²) >= 11 is 1.36. The highest BCUT2D eigenvalue weighted by molar-refractivity contribution is 7.15. The van der Waals surface area contributed by atoms with Crippen LogP contribution in [0.15, 0.2) is 42.6 Å². The molecule has 130 valence electrons. The zero-order chi connectivity index (χ0) is 18.1. The van der Waals surface area contributed by atoms with Gasteiger partial charge in [-0.1, -0.05) is 41.7 Å². The van der Waals surface area contributed by atoms with Gasteiger partial charge in [0.25, 0.3) is 5.91 Å². The highest BCUT2D eigenvalue weighted by Crippen LogP contribution is 2.20. The highest BCUT2D eigenvalue weighted by atomic mass is 32.1. The van der Waals surface area contributed by atoms with Crippen LogP contribution in [0.1, 0.15) is 32.3 Å². The van der Waals surface area contributed by atoms with Crippen molar-refractivity contribution in [2.75, 3.05) is 5.32 Å². The molecule has 0 fully saturated rings. The average molecular weight is 364 g/mol. The second-order valence-corrected chi connectivity index (χ2v) is 7.01. The number of nitrogens with one attached hydrogen (secondary N) is 1. The largest absolute Gasteiger partial charge is 0.296 e. The molecule has 0 spiro atoms. The standard InChI is InChI=1S/C18H16N6OS/c1-11-8-12(2)24-16(20-11)14(10-19-24)17(25)21-18-23-22-15(26-18)9-13-6-4-3-5-7-13/h3-8,10H,9H2,1-2H3,(H,21,23,25). The van der Waals surface area contributed by atoms with E-state index in [2.05, 4.69) is 25.6 Å². The molecule has 0 aliphatic carbocycles. The average Bonchev–Trinajstić information content (AvgIpc) is 3.22. The minimum Gasteiger partial charge on any atom is -0.296 e. The van der Waals surface area contributed by atoms with E-state index in [1.807, 2.05) is 50.2 Å². The minimum absolute atomic E-state index is 0.292. The molecule has 0 saturated carbocycles. The minimum atomic E-state index is -0.292. The van der Waals surface area contributed by atoms with Crippen LogP contribution < -0.4 is 5.32 Å². The Labute approximate surface area is 153 Å². The lowest BCUT2D eigenvalue weighted by Crippen LogP contribution is -2.12. The van der Waals surface area contributed by atoms with Gasteiger partial charge >= 0.3 is 0 Å². The van der Waals surface area contributed by atoms with Crippen LogP contribution in [0.4, 0.5) is 5.13 Å². The van der Waals surface area contributed by atoms with Gasteiger partial charge in [-0.2, -0.15) is 5.10 Å². The lowest BCUT2D eigenvalue weighted by molar-refractivity contribution is 0.102. The zero-order valence-electron chi connectivity index (χ0n) is 14.3. The van der Waals surface area contributed by atoms with Gasteiger partial charge in [-0.15, -0.1) is 10.2 Å². The van der Waals surface area contributed by atoms with Crippen molar-refractivity contribution in [3.63, 3.8) is 0 Å². The van der Waals surface area contributed by atoms with Gasteiger partial charge in [0, 0.05) is 17.8 Å². The van der Waals surface area contributed by atoms with E-state index in [1.54, 1.807) is 4.52 Å². The maximum atomic E-state index is 12.6. The summed E-state index contributed by atoms with van der Waals surface area (Å²) in [5, 5.41) is 16.6. The molecule has 26 heavy (non-hydrogen) atoms. The molecule has 0 unspecified atom stereocenters. The summed E-state index contributed by atoms with van der Waals surface area (Å²) < 4.78 is 1.66. The maximum absolute atomic E-state index is 12.6. The number of benzene rings is 1. The molecule has 0 aliphatic heterocycles. The molecule has 0 radical (unpaired) electrons. The van der Waals surface area contributed by atoms with E-state index < -0.39 is 0 Å². The number of hydrogen-bond donors (Lipinski definition) is 1. The summed E-state index contributed by atoms with van der Waals surface area (Å²) in [6, 6.07) is 11.9. The molecule has 1 N–H and O–H groups in total. The molecule has 0 saturated heterocycles. The van der Waals surface area contributed by atoms with Gasteiger partial charge in [-0.25, -0.2) is 9.50 Å². The van der Waals surface area contributed by atoms with E-state index in [9.17, 15) is 4.79 Å². The predicted molar refractivity (Wildman–Crippen MR) is 99.6 cm³/mol. The van der Waals surface area contributed by atoms with Crippen molar-refractivity contribution in [3.05, 3.63) is 70.1 Å². The zero-order valence-corrected chi connectivity index (χ0v) is 15.1. The Morgan fingerprint density at radius 1 is 1.19 bits per heavy atom. The highest BCUT2D eigenvalue weighted by Gasteiger charge is 2.17. The van der Waals surface area contributed by atoms with E-state index in [4.69, 9.17) is 0 Å². The number of aryl methyl sites for hydroxylation is 2. The van der Waals surface area contributed by atoms with Crippen LogP contribution >= 0.6 is 11.3 Å². The molecule has 3 aromatic heterocycles. The summed E-state index contributed by atoms with van der Waals surface area (Å²) in [5.41, 5.74) is 3.86. The van der Waals surface area contributed by atoms with Crippen LogP contribution in [0.2, 0.25) is 0 Å². The predicted octanol–water partition coefficient (Wildman–Crippen LogP) is 3.04. The molecule has 7 nitrogen and oxygen atoms in total. The van der Waals surface area contributed by atoms with Gasteiger partial charge < -0.3 is 0 Å². The van der Waals surface area contributed by atoms with Gasteiger partial charge in [0.2, 0.25) is 5.13 Å². The van der Waals surface area contributed by atoms with E-state index in [1.165, 1.54) is 17.5 Å². The molecule has 0 bridgehead atoms. The van der Waals surface area contributed by atoms with Crippen molar-refractivity contribution in [1.82, 2.24) is 24.8 Å². The van der Waals surface area contributed by atoms with Crippen molar-refractivity contribution < 1.29 is 4.79 Å². The lowest BCUT2D eigenvalue weighted by atomic mass is 10.2. The van der Waals surface area contributed by atoms with Crippen LogP contribution in [0.5, 0.6) is 0 Å². The van der Waals surface area contributed by atoms with Crippen LogP contribution in [0.25, 0.3) is 5.65 Å². The fourth-order valence-electron chi connectivity index (χ4n) is 2.74. The van der Waals surface area contributed by atoms with E-state index in [0.717, 1.165) is 22.0 Å². The Kier molecular flexibility index (Phi) is 4.18. The SMILES string of the molecule is Cc1cc(C)n2ncc(C(=O)Nc3nnc(Cc4ccccc4)s3)c2n1. The number of carbonyl (C=O) groups is 1. The van der Waals surface area contributed by atoms with Crippen molar-refractivity contribution in [1.29, 1.82) is 0 Å². The smallest absolute Gasteiger partial charge is 0.262 e. The van der Waals surface area contributed by atoms with E-state index in [0.29, 0.717) is 22.8 Å². The third kappa shape index (κ3) is 3.18. The first-order chi connectivity index (χ1) is 12.6. The Balaban J connectivity index is 1.54. The number of amides is 1. The summed E-state index contributed by atoms with van der Waals surface area (Å²) in [6.45, 7) is 3.82. The number of fused-ring (bicyclic) bond motifs is 1. The number of nitrogens with zero attached hydrogens (tertiary/aromatic N) is 5. The topological polar surface area (TPSA) is 85.1 Å². The lowest BCUT2D eigenvalue weighted by Gasteiger charge is -2.02. The normalized spacial score (nSPS) is 11.0. The molecule has 4 rings (SSSR count). The Morgan fingerprint density at radius 2 is 2.00 bits per heavy atom. The number of rotatable bonds is 4. The third-order valence-corrected chi connectivity index (χ3v) is 4.75. The molecular formula is C18H16N6OS. The molecule has 8 heteroatoms. The number of aromatic nitrogens is 5. The summed E-state index contributed by atoms with van der Waals surface area (Å²) in [4.78, 5) is 17.0. The fraction of sp³-hybridized carbons (Fsp3) is 0.167. The molecular weight excluding hydrogens is 348 g/mol. The van der Waals surface area contributed by atoms with E-state index in [-0.39, 0.29) is 5.91 Å². The molecule has 1 amide bonds. The molecule has 0 aliphatic rings. The van der Waals surface area contributed by atoms with E-state index >= 15 is 0 Å². The van der Waals surface area contributed by atoms with Crippen molar-refractivity contribution in [2.24, 2.45) is 0 Å². The Morgan fingerprint density at radius 3 is 2.81 bits per heavy atom. The number of hydrogen-bond acceptors (Lipinski definition) is 6. The van der Waals surface area contributed by atoms with Gasteiger partial charge in [0.05, 0.1) is 6.20 Å². The van der Waals surface area contributed by atoms with Gasteiger partial charge in [-0.3, -0.25) is 10.1 Å². The van der Waals surface area contributed by atoms with Gasteiger partial charge in [0.15, 0.2) is 5.65 Å². The number of carbonyl (C=O) groups excluding carboxylic acids is 1. The second-order valence-electron chi connectivity index (χ2n) is 5.95. The van der Waals surface area contributed by atoms with Gasteiger partial charge in [0.1, 0.15) is 10.6 Å². The first kappa shape index (κ1) is 16.3. The molecule has 0 atom stereocenters. The van der Waals surface area contributed by atoms with Crippen molar-refractivity contribution in [2.45, 2.75) is 20.3 Å². The molecule has 4 aromatic rings. The third-order valence-electron chi connectivity index (χ3n) is 3.91. The van der Waals surface area contributed by atoms with Crippen molar-refractivity contribution >= 4 is 28.0 Å². The quantitative estimate of drug-likeness (QED) is 0.602. The summed E-state index contributed by atoms with van der Waals surface area (Å²) in [5.74, 6) is -0.292. The Bertz CT molecular complexity index is 1090. The van der Waals surface area contributed by atoms with Crippen LogP contribution in [-0.4, -0.2) is 30.7 Å². The van der Waals surface area contributed by atoms with Crippen LogP contribution in [0, 0.1) is 13.8 Å². The monoisotopic (exact) mass is 364 g/mol. The summed E-state index contributed by atoms with van der Waals surface area (Å²) in [7, 11) is 0. The molecule has 1 aromatic carbocycles. The molecule has 3 heterocycles. The Hall–Kier alpha value is -3.13. The van der Waals surface area contributed by atoms with Crippen molar-refractivity contribution in [3.8, 4) is 0 Å². The second kappa shape index (κ2) is 6.64. The van der Waals surface area contributed by atoms with Crippen LogP contribution in [0.3, 0.4) is 0 Å². The fourth-order valence-corrected chi connectivity index (χ4v) is 3.51. The first-order valence-corrected chi connectivity index (χ1v) is 8.91. The first-order valence-electron chi connectivity index (χ1n) is 8.10. The van der Waals surface area contributed by atoms with Gasteiger partial charge in [-0.05, 0) is 25.5 Å². The summed E-state index contributed by atoms with van der Waals surface area (Å²) in [6.07, 6.45) is 2.21.